The van der Waals surface area contributed by atoms with Crippen LogP contribution in [0.3, 0.4) is 0 Å². The van der Waals surface area contributed by atoms with E-state index < -0.39 is 6.09 Å². The fourth-order valence-corrected chi connectivity index (χ4v) is 4.58. The molecule has 0 unspecified atom stereocenters. The van der Waals surface area contributed by atoms with Crippen molar-refractivity contribution in [2.45, 2.75) is 50.5 Å². The molecule has 2 saturated carbocycles. The predicted octanol–water partition coefficient (Wildman–Crippen LogP) is 5.61. The third kappa shape index (κ3) is 3.68. The van der Waals surface area contributed by atoms with E-state index in [9.17, 15) is 4.79 Å². The summed E-state index contributed by atoms with van der Waals surface area (Å²) >= 11 is 0. The number of nitriles is 1. The Balaban J connectivity index is 1.31. The van der Waals surface area contributed by atoms with Crippen LogP contribution in [0.4, 0.5) is 10.5 Å². The molecule has 138 valence electrons. The summed E-state index contributed by atoms with van der Waals surface area (Å²) in [6.45, 7) is 0. The van der Waals surface area contributed by atoms with Crippen molar-refractivity contribution in [1.29, 1.82) is 5.26 Å². The summed E-state index contributed by atoms with van der Waals surface area (Å²) in [6.07, 6.45) is 6.33. The molecule has 0 heterocycles. The maximum atomic E-state index is 12.3. The molecule has 4 rings (SSSR count). The summed E-state index contributed by atoms with van der Waals surface area (Å²) in [4.78, 5) is 12.3. The molecule has 1 spiro atoms. The summed E-state index contributed by atoms with van der Waals surface area (Å²) < 4.78 is 5.77. The van der Waals surface area contributed by atoms with Gasteiger partial charge in [-0.05, 0) is 74.3 Å². The van der Waals surface area contributed by atoms with Gasteiger partial charge in [0.1, 0.15) is 6.10 Å². The van der Waals surface area contributed by atoms with E-state index in [1.165, 1.54) is 18.4 Å². The number of nitrogens with zero attached hydrogens (tertiary/aromatic N) is 1. The van der Waals surface area contributed by atoms with E-state index in [0.29, 0.717) is 17.2 Å². The van der Waals surface area contributed by atoms with Crippen molar-refractivity contribution in [3.63, 3.8) is 0 Å². The van der Waals surface area contributed by atoms with Crippen LogP contribution in [0.5, 0.6) is 0 Å². The number of anilines is 1. The fraction of sp³-hybridized carbons (Fsp3) is 0.391. The monoisotopic (exact) mass is 360 g/mol. The Kier molecular flexibility index (Phi) is 4.85. The van der Waals surface area contributed by atoms with Crippen LogP contribution in [0.1, 0.15) is 55.6 Å². The first-order chi connectivity index (χ1) is 13.2. The second-order valence-corrected chi connectivity index (χ2v) is 7.79. The summed E-state index contributed by atoms with van der Waals surface area (Å²) in [5.41, 5.74) is 2.83. The minimum absolute atomic E-state index is 0.0209. The van der Waals surface area contributed by atoms with Crippen molar-refractivity contribution in [2.24, 2.45) is 5.41 Å². The van der Waals surface area contributed by atoms with Crippen LogP contribution in [-0.4, -0.2) is 12.2 Å². The van der Waals surface area contributed by atoms with E-state index in [1.54, 1.807) is 24.3 Å². The van der Waals surface area contributed by atoms with Gasteiger partial charge in [-0.1, -0.05) is 30.3 Å². The lowest BCUT2D eigenvalue weighted by Crippen LogP contribution is -2.49. The van der Waals surface area contributed by atoms with E-state index in [4.69, 9.17) is 10.00 Å². The number of carbonyl (C=O) groups excluding carboxylic acids is 1. The maximum Gasteiger partial charge on any atom is 0.411 e. The quantitative estimate of drug-likeness (QED) is 0.773. The first-order valence-electron chi connectivity index (χ1n) is 9.71. The zero-order chi connectivity index (χ0) is 18.7. The number of rotatable bonds is 3. The number of nitrogens with one attached hydrogen (secondary N) is 1. The van der Waals surface area contributed by atoms with Gasteiger partial charge in [-0.3, -0.25) is 5.32 Å². The summed E-state index contributed by atoms with van der Waals surface area (Å²) in [7, 11) is 0. The molecular weight excluding hydrogens is 336 g/mol. The van der Waals surface area contributed by atoms with Crippen LogP contribution < -0.4 is 5.32 Å². The number of carbonyl (C=O) groups is 1. The van der Waals surface area contributed by atoms with Crippen LogP contribution in [0.2, 0.25) is 0 Å². The average Bonchev–Trinajstić information content (AvgIpc) is 2.72. The molecule has 0 bridgehead atoms. The van der Waals surface area contributed by atoms with Gasteiger partial charge in [-0.25, -0.2) is 4.79 Å². The second-order valence-electron chi connectivity index (χ2n) is 7.79. The third-order valence-electron chi connectivity index (χ3n) is 6.35. The van der Waals surface area contributed by atoms with E-state index >= 15 is 0 Å². The van der Waals surface area contributed by atoms with Crippen molar-refractivity contribution < 1.29 is 9.53 Å². The smallest absolute Gasteiger partial charge is 0.411 e. The van der Waals surface area contributed by atoms with Crippen LogP contribution in [0, 0.1) is 16.7 Å². The summed E-state index contributed by atoms with van der Waals surface area (Å²) in [6, 6.07) is 19.6. The zero-order valence-corrected chi connectivity index (χ0v) is 15.4. The van der Waals surface area contributed by atoms with Gasteiger partial charge in [-0.2, -0.15) is 5.26 Å². The molecule has 4 nitrogen and oxygen atoms in total. The molecule has 4 heteroatoms. The van der Waals surface area contributed by atoms with E-state index in [0.717, 1.165) is 25.7 Å². The minimum Gasteiger partial charge on any atom is -0.445 e. The molecule has 0 radical (unpaired) electrons. The summed E-state index contributed by atoms with van der Waals surface area (Å²) in [5.74, 6) is 0.630. The number of hydrogen-bond acceptors (Lipinski definition) is 3. The number of amides is 1. The Labute approximate surface area is 160 Å². The van der Waals surface area contributed by atoms with Gasteiger partial charge >= 0.3 is 6.09 Å². The number of benzene rings is 2. The second kappa shape index (κ2) is 7.44. The first-order valence-corrected chi connectivity index (χ1v) is 9.71. The SMILES string of the molecule is N#Cc1ccc(NC(=O)O[C@H]2CCC23CCC(c2ccccc2)CC3)cc1. The van der Waals surface area contributed by atoms with Gasteiger partial charge in [0, 0.05) is 11.1 Å². The topological polar surface area (TPSA) is 62.1 Å². The van der Waals surface area contributed by atoms with Gasteiger partial charge in [0.2, 0.25) is 0 Å². The molecule has 27 heavy (non-hydrogen) atoms. The lowest BCUT2D eigenvalue weighted by molar-refractivity contribution is -0.0915. The Morgan fingerprint density at radius 1 is 1.00 bits per heavy atom. The fourth-order valence-electron chi connectivity index (χ4n) is 4.58. The standard InChI is InChI=1S/C23H24N2O2/c24-16-17-6-8-20(9-7-17)25-22(26)27-21-12-15-23(21)13-10-19(11-14-23)18-4-2-1-3-5-18/h1-9,19,21H,10-15H2,(H,25,26)/t19?,21-,23?/m0/s1. The molecule has 1 N–H and O–H groups in total. The Bertz CT molecular complexity index is 831. The predicted molar refractivity (Wildman–Crippen MR) is 104 cm³/mol. The summed E-state index contributed by atoms with van der Waals surface area (Å²) in [5, 5.41) is 11.6. The third-order valence-corrected chi connectivity index (χ3v) is 6.35. The minimum atomic E-state index is -0.394. The highest BCUT2D eigenvalue weighted by Gasteiger charge is 2.50. The van der Waals surface area contributed by atoms with Crippen LogP contribution >= 0.6 is 0 Å². The van der Waals surface area contributed by atoms with Crippen molar-refractivity contribution in [1.82, 2.24) is 0 Å². The molecule has 0 aliphatic heterocycles. The maximum absolute atomic E-state index is 12.3. The largest absolute Gasteiger partial charge is 0.445 e. The number of hydrogen-bond donors (Lipinski definition) is 1. The molecule has 0 aromatic heterocycles. The average molecular weight is 360 g/mol. The number of ether oxygens (including phenoxy) is 1. The lowest BCUT2D eigenvalue weighted by atomic mass is 9.56. The van der Waals surface area contributed by atoms with Crippen LogP contribution in [0.15, 0.2) is 54.6 Å². The van der Waals surface area contributed by atoms with Gasteiger partial charge < -0.3 is 4.74 Å². The van der Waals surface area contributed by atoms with Crippen molar-refractivity contribution in [2.75, 3.05) is 5.32 Å². The molecule has 2 aromatic carbocycles. The van der Waals surface area contributed by atoms with Gasteiger partial charge in [0.15, 0.2) is 0 Å². The Morgan fingerprint density at radius 2 is 1.67 bits per heavy atom. The molecular formula is C23H24N2O2. The molecule has 0 saturated heterocycles. The molecule has 2 aliphatic carbocycles. The van der Waals surface area contributed by atoms with Crippen molar-refractivity contribution >= 4 is 11.8 Å². The normalized spacial score (nSPS) is 26.6. The van der Waals surface area contributed by atoms with E-state index in [-0.39, 0.29) is 11.5 Å². The van der Waals surface area contributed by atoms with Gasteiger partial charge in [0.05, 0.1) is 11.6 Å². The Hall–Kier alpha value is -2.80. The zero-order valence-electron chi connectivity index (χ0n) is 15.4. The lowest BCUT2D eigenvalue weighted by Gasteiger charge is -2.52. The van der Waals surface area contributed by atoms with Gasteiger partial charge in [0.25, 0.3) is 0 Å². The highest BCUT2D eigenvalue weighted by atomic mass is 16.6. The molecule has 2 aromatic rings. The first kappa shape index (κ1) is 17.6. The Morgan fingerprint density at radius 3 is 2.26 bits per heavy atom. The van der Waals surface area contributed by atoms with Crippen molar-refractivity contribution in [3.05, 3.63) is 65.7 Å². The van der Waals surface area contributed by atoms with Crippen LogP contribution in [0.25, 0.3) is 0 Å². The van der Waals surface area contributed by atoms with E-state index in [1.807, 2.05) is 0 Å². The van der Waals surface area contributed by atoms with Gasteiger partial charge in [-0.15, -0.1) is 0 Å². The molecule has 1 amide bonds. The highest BCUT2D eigenvalue weighted by Crippen LogP contribution is 2.55. The van der Waals surface area contributed by atoms with E-state index in [2.05, 4.69) is 41.7 Å². The molecule has 2 aliphatic rings. The highest BCUT2D eigenvalue weighted by molar-refractivity contribution is 5.84. The molecule has 2 fully saturated rings. The molecule has 1 atom stereocenters. The van der Waals surface area contributed by atoms with Crippen molar-refractivity contribution in [3.8, 4) is 6.07 Å². The van der Waals surface area contributed by atoms with Crippen LogP contribution in [-0.2, 0) is 4.74 Å².